The van der Waals surface area contributed by atoms with E-state index in [1.165, 1.54) is 64.2 Å². The van der Waals surface area contributed by atoms with Crippen molar-refractivity contribution >= 4 is 54.9 Å². The van der Waals surface area contributed by atoms with Crippen molar-refractivity contribution < 1.29 is 20.1 Å². The van der Waals surface area contributed by atoms with Gasteiger partial charge in [0.25, 0.3) is 5.79 Å². The fourth-order valence-corrected chi connectivity index (χ4v) is 2.67. The maximum Gasteiger partial charge on any atom is 0.364 e. The standard InChI is InChI=1S/C18H36O4.Ba/c1-2-3-4-5-6-7-8-9-10-11-12-13-14-15-16-18(21,22)17(19)20;/h21-22H,2-16H2,1H3,(H,19,20);. The Morgan fingerprint density at radius 2 is 1.00 bits per heavy atom. The van der Waals surface area contributed by atoms with Crippen LogP contribution in [0.5, 0.6) is 0 Å². The van der Waals surface area contributed by atoms with Crippen LogP contribution in [0.25, 0.3) is 0 Å². The number of hydrogen-bond donors (Lipinski definition) is 3. The monoisotopic (exact) mass is 454 g/mol. The summed E-state index contributed by atoms with van der Waals surface area (Å²) in [6, 6.07) is 0. The number of unbranched alkanes of at least 4 members (excludes halogenated alkanes) is 13. The topological polar surface area (TPSA) is 77.8 Å². The van der Waals surface area contributed by atoms with Crippen LogP contribution in [0.15, 0.2) is 0 Å². The van der Waals surface area contributed by atoms with Crippen LogP contribution in [-0.4, -0.2) is 76.0 Å². The maximum absolute atomic E-state index is 10.5. The van der Waals surface area contributed by atoms with E-state index in [1.54, 1.807) is 0 Å². The Bertz CT molecular complexity index is 270. The molecule has 0 aliphatic carbocycles. The molecule has 0 unspecified atom stereocenters. The van der Waals surface area contributed by atoms with E-state index >= 15 is 0 Å². The van der Waals surface area contributed by atoms with E-state index in [1.807, 2.05) is 0 Å². The van der Waals surface area contributed by atoms with Crippen molar-refractivity contribution in [3.05, 3.63) is 0 Å². The average Bonchev–Trinajstić information content (AvgIpc) is 2.47. The Labute approximate surface area is 182 Å². The van der Waals surface area contributed by atoms with E-state index < -0.39 is 11.8 Å². The summed E-state index contributed by atoms with van der Waals surface area (Å²) in [6.07, 6.45) is 17.0. The predicted octanol–water partition coefficient (Wildman–Crippen LogP) is 4.24. The van der Waals surface area contributed by atoms with Crippen molar-refractivity contribution in [2.45, 2.75) is 109 Å². The summed E-state index contributed by atoms with van der Waals surface area (Å²) >= 11 is 0. The number of aliphatic hydroxyl groups is 2. The second kappa shape index (κ2) is 17.8. The van der Waals surface area contributed by atoms with Gasteiger partial charge in [-0.1, -0.05) is 90.4 Å². The Morgan fingerprint density at radius 1 is 0.696 bits per heavy atom. The molecule has 23 heavy (non-hydrogen) atoms. The molecule has 0 atom stereocenters. The summed E-state index contributed by atoms with van der Waals surface area (Å²) in [5.74, 6) is -4.10. The molecule has 0 aromatic rings. The first-order chi connectivity index (χ1) is 10.5. The minimum Gasteiger partial charge on any atom is -0.477 e. The van der Waals surface area contributed by atoms with Gasteiger partial charge in [0.05, 0.1) is 0 Å². The number of aliphatic carboxylic acids is 1. The normalized spacial score (nSPS) is 11.3. The minimum atomic E-state index is -2.54. The second-order valence-electron chi connectivity index (χ2n) is 6.47. The average molecular weight is 454 g/mol. The number of carbonyl (C=O) groups is 1. The smallest absolute Gasteiger partial charge is 0.364 e. The summed E-state index contributed by atoms with van der Waals surface area (Å²) in [5, 5.41) is 26.8. The molecule has 0 amide bonds. The third kappa shape index (κ3) is 17.6. The Balaban J connectivity index is 0. The maximum atomic E-state index is 10.5. The largest absolute Gasteiger partial charge is 0.477 e. The number of rotatable bonds is 16. The number of carboxylic acid groups (broad SMARTS) is 1. The molecule has 0 aliphatic rings. The predicted molar refractivity (Wildman–Crippen MR) is 95.5 cm³/mol. The van der Waals surface area contributed by atoms with Crippen LogP contribution in [0.2, 0.25) is 0 Å². The summed E-state index contributed by atoms with van der Waals surface area (Å²) in [4.78, 5) is 10.5. The molecule has 0 saturated carbocycles. The molecule has 0 spiro atoms. The van der Waals surface area contributed by atoms with Crippen molar-refractivity contribution in [1.29, 1.82) is 0 Å². The number of carboxylic acids is 1. The summed E-state index contributed by atoms with van der Waals surface area (Å²) in [6.45, 7) is 2.25. The first-order valence-corrected chi connectivity index (χ1v) is 9.19. The molecule has 0 heterocycles. The summed E-state index contributed by atoms with van der Waals surface area (Å²) in [5.41, 5.74) is 0. The van der Waals surface area contributed by atoms with Crippen LogP contribution in [0, 0.1) is 0 Å². The van der Waals surface area contributed by atoms with Crippen molar-refractivity contribution in [1.82, 2.24) is 0 Å². The van der Waals surface area contributed by atoms with Gasteiger partial charge in [0.15, 0.2) is 0 Å². The van der Waals surface area contributed by atoms with Gasteiger partial charge in [0, 0.05) is 55.3 Å². The van der Waals surface area contributed by atoms with Crippen LogP contribution >= 0.6 is 0 Å². The molecule has 3 N–H and O–H groups in total. The van der Waals surface area contributed by atoms with Gasteiger partial charge in [-0.15, -0.1) is 0 Å². The van der Waals surface area contributed by atoms with Gasteiger partial charge >= 0.3 is 5.97 Å². The zero-order chi connectivity index (χ0) is 16.7. The van der Waals surface area contributed by atoms with Gasteiger partial charge in [-0.05, 0) is 6.42 Å². The van der Waals surface area contributed by atoms with Gasteiger partial charge in [0.1, 0.15) is 0 Å². The Kier molecular flexibility index (Phi) is 20.2. The fourth-order valence-electron chi connectivity index (χ4n) is 2.67. The summed E-state index contributed by atoms with van der Waals surface area (Å²) < 4.78 is 0. The van der Waals surface area contributed by atoms with Crippen molar-refractivity contribution in [3.8, 4) is 0 Å². The van der Waals surface area contributed by atoms with Gasteiger partial charge < -0.3 is 15.3 Å². The van der Waals surface area contributed by atoms with Gasteiger partial charge in [-0.25, -0.2) is 4.79 Å². The quantitative estimate of drug-likeness (QED) is 0.185. The molecule has 0 fully saturated rings. The Hall–Kier alpha value is 0.961. The number of hydrogen-bond acceptors (Lipinski definition) is 3. The SMILES string of the molecule is CCCCCCCCCCCCCCCCC(O)(O)C(=O)O.[Ba]. The molecule has 2 radical (unpaired) electrons. The molecule has 0 aliphatic heterocycles. The molecule has 5 heteroatoms. The molecule has 4 nitrogen and oxygen atoms in total. The van der Waals surface area contributed by atoms with Gasteiger partial charge in [-0.3, -0.25) is 0 Å². The molecular weight excluding hydrogens is 418 g/mol. The van der Waals surface area contributed by atoms with E-state index in [4.69, 9.17) is 15.3 Å². The molecule has 0 aromatic carbocycles. The molecule has 0 rings (SSSR count). The first kappa shape index (κ1) is 26.2. The fraction of sp³-hybridized carbons (Fsp3) is 0.944. The van der Waals surface area contributed by atoms with E-state index in [0.717, 1.165) is 19.3 Å². The third-order valence-corrected chi connectivity index (χ3v) is 4.22. The van der Waals surface area contributed by atoms with Crippen LogP contribution in [-0.2, 0) is 4.79 Å². The Morgan fingerprint density at radius 3 is 1.30 bits per heavy atom. The van der Waals surface area contributed by atoms with Crippen molar-refractivity contribution in [3.63, 3.8) is 0 Å². The second-order valence-corrected chi connectivity index (χ2v) is 6.47. The zero-order valence-corrected chi connectivity index (χ0v) is 19.5. The molecule has 0 aromatic heterocycles. The van der Waals surface area contributed by atoms with Crippen LogP contribution in [0.1, 0.15) is 103 Å². The van der Waals surface area contributed by atoms with Crippen LogP contribution in [0.3, 0.4) is 0 Å². The summed E-state index contributed by atoms with van der Waals surface area (Å²) in [7, 11) is 0. The van der Waals surface area contributed by atoms with E-state index in [0.29, 0.717) is 6.42 Å². The van der Waals surface area contributed by atoms with Gasteiger partial charge in [-0.2, -0.15) is 0 Å². The van der Waals surface area contributed by atoms with Crippen molar-refractivity contribution in [2.75, 3.05) is 0 Å². The molecule has 0 saturated heterocycles. The van der Waals surface area contributed by atoms with E-state index in [2.05, 4.69) is 6.92 Å². The third-order valence-electron chi connectivity index (χ3n) is 4.22. The molecular formula is C18H36BaO4. The first-order valence-electron chi connectivity index (χ1n) is 9.19. The molecule has 0 bridgehead atoms. The van der Waals surface area contributed by atoms with E-state index in [9.17, 15) is 4.79 Å². The van der Waals surface area contributed by atoms with Gasteiger partial charge in [0.2, 0.25) is 0 Å². The van der Waals surface area contributed by atoms with E-state index in [-0.39, 0.29) is 55.3 Å². The van der Waals surface area contributed by atoms with Crippen molar-refractivity contribution in [2.24, 2.45) is 0 Å². The minimum absolute atomic E-state index is 0. The van der Waals surface area contributed by atoms with Crippen LogP contribution < -0.4 is 0 Å². The zero-order valence-electron chi connectivity index (χ0n) is 15.1. The molecule has 134 valence electrons. The van der Waals surface area contributed by atoms with Crippen LogP contribution in [0.4, 0.5) is 0 Å².